The number of nitro benzene ring substituents is 1. The van der Waals surface area contributed by atoms with E-state index in [-0.39, 0.29) is 16.3 Å². The van der Waals surface area contributed by atoms with E-state index in [2.05, 4.69) is 20.6 Å². The molecule has 0 saturated carbocycles. The lowest BCUT2D eigenvalue weighted by atomic mass is 9.96. The molecule has 0 radical (unpaired) electrons. The third-order valence-corrected chi connectivity index (χ3v) is 6.87. The summed E-state index contributed by atoms with van der Waals surface area (Å²) in [6.45, 7) is 5.34. The van der Waals surface area contributed by atoms with Gasteiger partial charge in [0.2, 0.25) is 0 Å². The summed E-state index contributed by atoms with van der Waals surface area (Å²) in [7, 11) is -3.67. The number of hydrogen-bond donors (Lipinski definition) is 1. The second kappa shape index (κ2) is 8.54. The quantitative estimate of drug-likeness (QED) is 0.538. The molecule has 2 aromatic rings. The van der Waals surface area contributed by atoms with E-state index in [0.717, 1.165) is 49.4 Å². The molecule has 0 bridgehead atoms. The number of aryl methyl sites for hydroxylation is 1. The highest BCUT2D eigenvalue weighted by Gasteiger charge is 2.27. The highest BCUT2D eigenvalue weighted by Crippen LogP contribution is 2.32. The van der Waals surface area contributed by atoms with E-state index < -0.39 is 14.8 Å². The molecule has 152 valence electrons. The van der Waals surface area contributed by atoms with Crippen LogP contribution in [0.5, 0.6) is 0 Å². The first kappa shape index (κ1) is 20.7. The standard InChI is InChI=1S/C18H24N4O4S2/c1-13-20-15(12-27-13)11-21-8-6-14(7-9-21)10-19-16-4-3-5-17(28(2,25)26)18(16)22(23)24/h3-5,12,14,19H,6-11H2,1-2H3. The van der Waals surface area contributed by atoms with Crippen LogP contribution >= 0.6 is 11.3 Å². The number of nitrogens with zero attached hydrogens (tertiary/aromatic N) is 3. The molecule has 8 nitrogen and oxygen atoms in total. The predicted octanol–water partition coefficient (Wildman–Crippen LogP) is 3.09. The molecule has 3 rings (SSSR count). The Hall–Kier alpha value is -2.04. The number of para-hydroxylation sites is 1. The maximum absolute atomic E-state index is 11.9. The fourth-order valence-electron chi connectivity index (χ4n) is 3.47. The summed E-state index contributed by atoms with van der Waals surface area (Å²) in [5, 5.41) is 17.7. The van der Waals surface area contributed by atoms with Gasteiger partial charge in [-0.25, -0.2) is 13.4 Å². The maximum Gasteiger partial charge on any atom is 0.310 e. The Kier molecular flexibility index (Phi) is 6.31. The van der Waals surface area contributed by atoms with Crippen LogP contribution in [0.25, 0.3) is 0 Å². The minimum absolute atomic E-state index is 0.254. The van der Waals surface area contributed by atoms with Gasteiger partial charge in [0, 0.05) is 24.7 Å². The van der Waals surface area contributed by atoms with E-state index in [1.54, 1.807) is 17.4 Å². The van der Waals surface area contributed by atoms with Crippen molar-refractivity contribution in [2.45, 2.75) is 31.2 Å². The molecule has 28 heavy (non-hydrogen) atoms. The van der Waals surface area contributed by atoms with Crippen LogP contribution in [-0.2, 0) is 16.4 Å². The molecule has 0 aliphatic carbocycles. The number of piperidine rings is 1. The van der Waals surface area contributed by atoms with Crippen LogP contribution < -0.4 is 5.32 Å². The zero-order valence-electron chi connectivity index (χ0n) is 15.9. The van der Waals surface area contributed by atoms with Crippen molar-refractivity contribution in [3.05, 3.63) is 44.4 Å². The Balaban J connectivity index is 1.59. The Morgan fingerprint density at radius 2 is 2.07 bits per heavy atom. The summed E-state index contributed by atoms with van der Waals surface area (Å²) in [6.07, 6.45) is 2.95. The van der Waals surface area contributed by atoms with Gasteiger partial charge in [0.05, 0.1) is 15.6 Å². The normalized spacial score (nSPS) is 16.2. The smallest absolute Gasteiger partial charge is 0.310 e. The van der Waals surface area contributed by atoms with E-state index in [4.69, 9.17) is 0 Å². The van der Waals surface area contributed by atoms with Gasteiger partial charge < -0.3 is 5.32 Å². The fourth-order valence-corrected chi connectivity index (χ4v) is 4.93. The van der Waals surface area contributed by atoms with Crippen molar-refractivity contribution in [3.8, 4) is 0 Å². The fraction of sp³-hybridized carbons (Fsp3) is 0.500. The van der Waals surface area contributed by atoms with Gasteiger partial charge in [-0.05, 0) is 50.9 Å². The molecule has 10 heteroatoms. The average molecular weight is 425 g/mol. The minimum atomic E-state index is -3.67. The largest absolute Gasteiger partial charge is 0.379 e. The average Bonchev–Trinajstić information content (AvgIpc) is 3.04. The highest BCUT2D eigenvalue weighted by molar-refractivity contribution is 7.90. The zero-order valence-corrected chi connectivity index (χ0v) is 17.6. The van der Waals surface area contributed by atoms with E-state index in [1.807, 2.05) is 6.92 Å². The summed E-state index contributed by atoms with van der Waals surface area (Å²) in [6, 6.07) is 4.37. The Bertz CT molecular complexity index is 950. The number of aromatic nitrogens is 1. The second-order valence-corrected chi connectivity index (χ2v) is 10.2. The number of benzene rings is 1. The first-order chi connectivity index (χ1) is 13.2. The molecule has 1 N–H and O–H groups in total. The molecule has 1 aromatic carbocycles. The topological polar surface area (TPSA) is 105 Å². The van der Waals surface area contributed by atoms with E-state index >= 15 is 0 Å². The first-order valence-corrected chi connectivity index (χ1v) is 11.9. The summed E-state index contributed by atoms with van der Waals surface area (Å²) in [4.78, 5) is 17.4. The van der Waals surface area contributed by atoms with E-state index in [0.29, 0.717) is 12.5 Å². The Morgan fingerprint density at radius 3 is 2.64 bits per heavy atom. The number of nitro groups is 1. The molecule has 1 fully saturated rings. The van der Waals surface area contributed by atoms with E-state index in [1.165, 1.54) is 12.1 Å². The second-order valence-electron chi connectivity index (χ2n) is 7.14. The lowest BCUT2D eigenvalue weighted by molar-refractivity contribution is -0.386. The highest BCUT2D eigenvalue weighted by atomic mass is 32.2. The monoisotopic (exact) mass is 424 g/mol. The molecular weight excluding hydrogens is 400 g/mol. The number of rotatable bonds is 7. The van der Waals surface area contributed by atoms with Gasteiger partial charge in [-0.15, -0.1) is 11.3 Å². The van der Waals surface area contributed by atoms with Crippen molar-refractivity contribution in [1.82, 2.24) is 9.88 Å². The third-order valence-electron chi connectivity index (χ3n) is 4.92. The van der Waals surface area contributed by atoms with Crippen LogP contribution in [0.4, 0.5) is 11.4 Å². The number of nitrogens with one attached hydrogen (secondary N) is 1. The van der Waals surface area contributed by atoms with Gasteiger partial charge in [-0.2, -0.15) is 0 Å². The van der Waals surface area contributed by atoms with Crippen molar-refractivity contribution in [2.24, 2.45) is 5.92 Å². The number of anilines is 1. The predicted molar refractivity (Wildman–Crippen MR) is 110 cm³/mol. The molecule has 0 atom stereocenters. The lowest BCUT2D eigenvalue weighted by Gasteiger charge is -2.31. The summed E-state index contributed by atoms with van der Waals surface area (Å²) < 4.78 is 23.7. The number of hydrogen-bond acceptors (Lipinski definition) is 8. The number of sulfone groups is 1. The summed E-state index contributed by atoms with van der Waals surface area (Å²) in [5.74, 6) is 0.384. The van der Waals surface area contributed by atoms with Gasteiger partial charge >= 0.3 is 5.69 Å². The molecule has 0 unspecified atom stereocenters. The summed E-state index contributed by atoms with van der Waals surface area (Å²) >= 11 is 1.66. The molecule has 1 aliphatic rings. The van der Waals surface area contributed by atoms with Gasteiger partial charge in [0.1, 0.15) is 10.6 Å². The van der Waals surface area contributed by atoms with Crippen molar-refractivity contribution in [2.75, 3.05) is 31.2 Å². The van der Waals surface area contributed by atoms with Gasteiger partial charge in [0.15, 0.2) is 9.84 Å². The SMILES string of the molecule is Cc1nc(CN2CCC(CNc3cccc(S(C)(=O)=O)c3[N+](=O)[O-])CC2)cs1. The van der Waals surface area contributed by atoms with Gasteiger partial charge in [-0.1, -0.05) is 6.07 Å². The molecule has 0 amide bonds. The van der Waals surface area contributed by atoms with Gasteiger partial charge in [-0.3, -0.25) is 15.0 Å². The van der Waals surface area contributed by atoms with Crippen LogP contribution in [0.1, 0.15) is 23.5 Å². The molecule has 1 aliphatic heterocycles. The Morgan fingerprint density at radius 1 is 1.36 bits per heavy atom. The van der Waals surface area contributed by atoms with Crippen LogP contribution in [-0.4, -0.2) is 49.1 Å². The lowest BCUT2D eigenvalue weighted by Crippen LogP contribution is -2.35. The number of thiazole rings is 1. The zero-order chi connectivity index (χ0) is 20.3. The minimum Gasteiger partial charge on any atom is -0.379 e. The van der Waals surface area contributed by atoms with E-state index in [9.17, 15) is 18.5 Å². The van der Waals surface area contributed by atoms with Crippen LogP contribution in [0, 0.1) is 23.0 Å². The molecular formula is C18H24N4O4S2. The third kappa shape index (κ3) is 5.06. The first-order valence-electron chi connectivity index (χ1n) is 9.08. The Labute approximate surface area is 168 Å². The van der Waals surface area contributed by atoms with Crippen LogP contribution in [0.15, 0.2) is 28.5 Å². The van der Waals surface area contributed by atoms with Gasteiger partial charge in [0.25, 0.3) is 0 Å². The van der Waals surface area contributed by atoms with Crippen molar-refractivity contribution < 1.29 is 13.3 Å². The molecule has 1 aromatic heterocycles. The van der Waals surface area contributed by atoms with Crippen LogP contribution in [0.2, 0.25) is 0 Å². The molecule has 1 saturated heterocycles. The molecule has 0 spiro atoms. The van der Waals surface area contributed by atoms with Crippen molar-refractivity contribution in [1.29, 1.82) is 0 Å². The summed E-state index contributed by atoms with van der Waals surface area (Å²) in [5.41, 5.74) is 0.988. The van der Waals surface area contributed by atoms with Crippen molar-refractivity contribution in [3.63, 3.8) is 0 Å². The van der Waals surface area contributed by atoms with Crippen molar-refractivity contribution >= 4 is 32.5 Å². The van der Waals surface area contributed by atoms with Crippen LogP contribution in [0.3, 0.4) is 0 Å². The molecule has 2 heterocycles. The maximum atomic E-state index is 11.9. The number of likely N-dealkylation sites (tertiary alicyclic amines) is 1.